The largest absolute Gasteiger partial charge is 0.385 e. The molecular formula is C15H34N2O2. The number of ether oxygens (including phenoxy) is 2. The second kappa shape index (κ2) is 11.6. The summed E-state index contributed by atoms with van der Waals surface area (Å²) in [5, 5.41) is 0. The van der Waals surface area contributed by atoms with E-state index in [0.717, 1.165) is 45.8 Å². The first kappa shape index (κ1) is 18.8. The summed E-state index contributed by atoms with van der Waals surface area (Å²) < 4.78 is 10.3. The van der Waals surface area contributed by atoms with Gasteiger partial charge in [-0.15, -0.1) is 0 Å². The summed E-state index contributed by atoms with van der Waals surface area (Å²) in [6.45, 7) is 10.2. The third kappa shape index (κ3) is 11.4. The molecular weight excluding hydrogens is 240 g/mol. The van der Waals surface area contributed by atoms with Crippen molar-refractivity contribution in [2.45, 2.75) is 39.5 Å². The molecule has 0 saturated heterocycles. The van der Waals surface area contributed by atoms with E-state index < -0.39 is 0 Å². The maximum atomic E-state index is 5.75. The van der Waals surface area contributed by atoms with E-state index in [1.165, 1.54) is 19.3 Å². The maximum absolute atomic E-state index is 5.75. The van der Waals surface area contributed by atoms with Gasteiger partial charge in [0.15, 0.2) is 0 Å². The van der Waals surface area contributed by atoms with Gasteiger partial charge in [0.05, 0.1) is 6.61 Å². The number of nitrogens with zero attached hydrogens (tertiary/aromatic N) is 1. The highest BCUT2D eigenvalue weighted by molar-refractivity contribution is 4.69. The number of methoxy groups -OCH3 is 2. The number of rotatable bonds is 13. The van der Waals surface area contributed by atoms with Gasteiger partial charge in [0.1, 0.15) is 0 Å². The predicted octanol–water partition coefficient (Wildman–Crippen LogP) is 2.13. The Balaban J connectivity index is 3.77. The summed E-state index contributed by atoms with van der Waals surface area (Å²) in [5.74, 6) is 0. The molecule has 0 aromatic carbocycles. The molecule has 0 saturated carbocycles. The van der Waals surface area contributed by atoms with Crippen LogP contribution in [0.5, 0.6) is 0 Å². The second-order valence-corrected chi connectivity index (χ2v) is 6.01. The van der Waals surface area contributed by atoms with Gasteiger partial charge < -0.3 is 20.1 Å². The summed E-state index contributed by atoms with van der Waals surface area (Å²) in [6.07, 6.45) is 4.78. The fourth-order valence-electron chi connectivity index (χ4n) is 2.03. The zero-order valence-electron chi connectivity index (χ0n) is 13.4. The maximum Gasteiger partial charge on any atom is 0.0589 e. The molecule has 0 spiro atoms. The quantitative estimate of drug-likeness (QED) is 0.523. The van der Waals surface area contributed by atoms with E-state index in [9.17, 15) is 0 Å². The van der Waals surface area contributed by atoms with Crippen LogP contribution in [-0.4, -0.2) is 58.5 Å². The lowest BCUT2D eigenvalue weighted by atomic mass is 9.87. The smallest absolute Gasteiger partial charge is 0.0589 e. The molecule has 0 amide bonds. The lowest BCUT2D eigenvalue weighted by molar-refractivity contribution is 0.131. The van der Waals surface area contributed by atoms with Crippen LogP contribution < -0.4 is 5.73 Å². The van der Waals surface area contributed by atoms with Gasteiger partial charge >= 0.3 is 0 Å². The minimum atomic E-state index is 0.285. The van der Waals surface area contributed by atoms with Gasteiger partial charge in [-0.2, -0.15) is 0 Å². The molecule has 0 heterocycles. The van der Waals surface area contributed by atoms with Crippen molar-refractivity contribution in [1.82, 2.24) is 4.90 Å². The van der Waals surface area contributed by atoms with E-state index in [1.54, 1.807) is 14.2 Å². The molecule has 0 radical (unpaired) electrons. The van der Waals surface area contributed by atoms with Crippen molar-refractivity contribution in [2.24, 2.45) is 11.1 Å². The fourth-order valence-corrected chi connectivity index (χ4v) is 2.03. The first-order valence-corrected chi connectivity index (χ1v) is 7.46. The molecule has 4 heteroatoms. The Labute approximate surface area is 119 Å². The second-order valence-electron chi connectivity index (χ2n) is 6.01. The highest BCUT2D eigenvalue weighted by Crippen LogP contribution is 2.21. The standard InChI is InChI=1S/C15H34N2O2/c1-15(2,14-16)8-5-6-9-17(11-13-19-4)10-7-12-18-3/h5-14,16H2,1-4H3. The van der Waals surface area contributed by atoms with Crippen LogP contribution in [-0.2, 0) is 9.47 Å². The van der Waals surface area contributed by atoms with Crippen molar-refractivity contribution in [3.8, 4) is 0 Å². The molecule has 0 atom stereocenters. The van der Waals surface area contributed by atoms with E-state index in [0.29, 0.717) is 0 Å². The van der Waals surface area contributed by atoms with Crippen LogP contribution in [0, 0.1) is 5.41 Å². The number of unbranched alkanes of at least 4 members (excludes halogenated alkanes) is 1. The normalized spacial score (nSPS) is 12.3. The summed E-state index contributed by atoms with van der Waals surface area (Å²) in [6, 6.07) is 0. The molecule has 116 valence electrons. The minimum Gasteiger partial charge on any atom is -0.385 e. The monoisotopic (exact) mass is 274 g/mol. The Morgan fingerprint density at radius 1 is 0.895 bits per heavy atom. The van der Waals surface area contributed by atoms with Crippen molar-refractivity contribution < 1.29 is 9.47 Å². The van der Waals surface area contributed by atoms with Crippen LogP contribution in [0.3, 0.4) is 0 Å². The van der Waals surface area contributed by atoms with E-state index in [4.69, 9.17) is 15.2 Å². The lowest BCUT2D eigenvalue weighted by Crippen LogP contribution is -2.30. The Kier molecular flexibility index (Phi) is 11.6. The van der Waals surface area contributed by atoms with Crippen molar-refractivity contribution in [3.63, 3.8) is 0 Å². The van der Waals surface area contributed by atoms with Crippen LogP contribution in [0.4, 0.5) is 0 Å². The van der Waals surface area contributed by atoms with Crippen LogP contribution in [0.1, 0.15) is 39.5 Å². The van der Waals surface area contributed by atoms with Gasteiger partial charge in [-0.3, -0.25) is 0 Å². The number of hydrogen-bond donors (Lipinski definition) is 1. The first-order chi connectivity index (χ1) is 9.05. The average molecular weight is 274 g/mol. The van der Waals surface area contributed by atoms with Crippen molar-refractivity contribution in [3.05, 3.63) is 0 Å². The predicted molar refractivity (Wildman–Crippen MR) is 81.5 cm³/mol. The van der Waals surface area contributed by atoms with E-state index in [-0.39, 0.29) is 5.41 Å². The molecule has 19 heavy (non-hydrogen) atoms. The minimum absolute atomic E-state index is 0.285. The van der Waals surface area contributed by atoms with Crippen LogP contribution in [0.15, 0.2) is 0 Å². The zero-order valence-corrected chi connectivity index (χ0v) is 13.4. The van der Waals surface area contributed by atoms with E-state index in [2.05, 4.69) is 18.7 Å². The van der Waals surface area contributed by atoms with Gasteiger partial charge in [0, 0.05) is 33.9 Å². The summed E-state index contributed by atoms with van der Waals surface area (Å²) in [7, 11) is 3.52. The van der Waals surface area contributed by atoms with Crippen molar-refractivity contribution in [1.29, 1.82) is 0 Å². The molecule has 0 aliphatic heterocycles. The van der Waals surface area contributed by atoms with Gasteiger partial charge in [-0.25, -0.2) is 0 Å². The third-order valence-corrected chi connectivity index (χ3v) is 3.56. The van der Waals surface area contributed by atoms with Crippen molar-refractivity contribution in [2.75, 3.05) is 53.6 Å². The Bertz CT molecular complexity index is 199. The van der Waals surface area contributed by atoms with Gasteiger partial charge in [-0.05, 0) is 37.8 Å². The summed E-state index contributed by atoms with van der Waals surface area (Å²) in [4.78, 5) is 2.47. The van der Waals surface area contributed by atoms with Gasteiger partial charge in [-0.1, -0.05) is 20.3 Å². The van der Waals surface area contributed by atoms with Crippen LogP contribution >= 0.6 is 0 Å². The molecule has 0 rings (SSSR count). The van der Waals surface area contributed by atoms with E-state index >= 15 is 0 Å². The molecule has 0 aliphatic rings. The Hall–Kier alpha value is -0.160. The fraction of sp³-hybridized carbons (Fsp3) is 1.00. The van der Waals surface area contributed by atoms with E-state index in [1.807, 2.05) is 0 Å². The first-order valence-electron chi connectivity index (χ1n) is 7.46. The molecule has 0 aromatic heterocycles. The zero-order chi connectivity index (χ0) is 14.6. The number of hydrogen-bond acceptors (Lipinski definition) is 4. The molecule has 0 unspecified atom stereocenters. The molecule has 0 fully saturated rings. The lowest BCUT2D eigenvalue weighted by Gasteiger charge is -2.24. The third-order valence-electron chi connectivity index (χ3n) is 3.56. The topological polar surface area (TPSA) is 47.7 Å². The van der Waals surface area contributed by atoms with Gasteiger partial charge in [0.2, 0.25) is 0 Å². The molecule has 2 N–H and O–H groups in total. The Morgan fingerprint density at radius 3 is 2.11 bits per heavy atom. The Morgan fingerprint density at radius 2 is 1.53 bits per heavy atom. The summed E-state index contributed by atoms with van der Waals surface area (Å²) in [5.41, 5.74) is 6.04. The molecule has 4 nitrogen and oxygen atoms in total. The van der Waals surface area contributed by atoms with Crippen LogP contribution in [0.25, 0.3) is 0 Å². The average Bonchev–Trinajstić information content (AvgIpc) is 2.40. The van der Waals surface area contributed by atoms with Crippen molar-refractivity contribution >= 4 is 0 Å². The highest BCUT2D eigenvalue weighted by atomic mass is 16.5. The van der Waals surface area contributed by atoms with Crippen LogP contribution in [0.2, 0.25) is 0 Å². The molecule has 0 bridgehead atoms. The number of nitrogens with two attached hydrogens (primary N) is 1. The highest BCUT2D eigenvalue weighted by Gasteiger charge is 2.14. The SMILES string of the molecule is COCCCN(CCCCC(C)(C)CN)CCOC. The molecule has 0 aromatic rings. The summed E-state index contributed by atoms with van der Waals surface area (Å²) >= 11 is 0. The molecule has 0 aliphatic carbocycles. The van der Waals surface area contributed by atoms with Gasteiger partial charge in [0.25, 0.3) is 0 Å².